The maximum Gasteiger partial charge on any atom is 0.241 e. The second-order valence-corrected chi connectivity index (χ2v) is 8.31. The van der Waals surface area contributed by atoms with Crippen molar-refractivity contribution in [2.24, 2.45) is 0 Å². The van der Waals surface area contributed by atoms with Crippen LogP contribution in [0.5, 0.6) is 5.75 Å². The Bertz CT molecular complexity index is 1020. The predicted molar refractivity (Wildman–Crippen MR) is 108 cm³/mol. The van der Waals surface area contributed by atoms with Crippen molar-refractivity contribution in [2.45, 2.75) is 17.9 Å². The van der Waals surface area contributed by atoms with Crippen molar-refractivity contribution in [1.29, 1.82) is 0 Å². The molecule has 4 nitrogen and oxygen atoms in total. The molecule has 0 fully saturated rings. The van der Waals surface area contributed by atoms with Crippen LogP contribution in [-0.2, 0) is 10.0 Å². The van der Waals surface area contributed by atoms with E-state index in [1.807, 2.05) is 25.1 Å². The molecule has 3 aromatic rings. The Labute approximate surface area is 164 Å². The number of rotatable bonds is 6. The number of sulfonamides is 1. The van der Waals surface area contributed by atoms with Crippen LogP contribution in [0.3, 0.4) is 0 Å². The first kappa shape index (κ1) is 19.4. The molecule has 0 spiro atoms. The molecule has 0 saturated heterocycles. The molecule has 0 aliphatic rings. The van der Waals surface area contributed by atoms with Crippen molar-refractivity contribution in [1.82, 2.24) is 4.72 Å². The fourth-order valence-electron chi connectivity index (χ4n) is 2.81. The van der Waals surface area contributed by atoms with E-state index in [4.69, 9.17) is 16.3 Å². The van der Waals surface area contributed by atoms with E-state index in [9.17, 15) is 8.42 Å². The number of ether oxygens (including phenoxy) is 1. The lowest BCUT2D eigenvalue weighted by Crippen LogP contribution is -2.29. The first-order valence-electron chi connectivity index (χ1n) is 8.38. The van der Waals surface area contributed by atoms with Gasteiger partial charge in [0.15, 0.2) is 0 Å². The van der Waals surface area contributed by atoms with Crippen LogP contribution in [0.15, 0.2) is 77.7 Å². The molecule has 140 valence electrons. The van der Waals surface area contributed by atoms with Crippen LogP contribution >= 0.6 is 11.6 Å². The molecule has 0 aromatic heterocycles. The van der Waals surface area contributed by atoms with Crippen molar-refractivity contribution in [3.05, 3.63) is 94.5 Å². The fraction of sp³-hybridized carbons (Fsp3) is 0.143. The second kappa shape index (κ2) is 8.13. The normalized spacial score (nSPS) is 12.6. The summed E-state index contributed by atoms with van der Waals surface area (Å²) in [5.41, 5.74) is 2.48. The first-order valence-corrected chi connectivity index (χ1v) is 10.2. The van der Waals surface area contributed by atoms with E-state index in [0.717, 1.165) is 16.7 Å². The molecule has 0 unspecified atom stereocenters. The third kappa shape index (κ3) is 4.50. The fourth-order valence-corrected chi connectivity index (χ4v) is 4.14. The summed E-state index contributed by atoms with van der Waals surface area (Å²) in [6.45, 7) is 1.91. The highest BCUT2D eigenvalue weighted by molar-refractivity contribution is 7.89. The molecule has 0 aliphatic carbocycles. The Kier molecular flexibility index (Phi) is 5.85. The number of para-hydroxylation sites is 1. The lowest BCUT2D eigenvalue weighted by molar-refractivity contribution is 0.406. The zero-order valence-corrected chi connectivity index (χ0v) is 16.6. The molecule has 0 amide bonds. The van der Waals surface area contributed by atoms with Crippen molar-refractivity contribution in [2.75, 3.05) is 7.11 Å². The van der Waals surface area contributed by atoms with Crippen molar-refractivity contribution < 1.29 is 13.2 Å². The third-order valence-electron chi connectivity index (χ3n) is 4.26. The Morgan fingerprint density at radius 3 is 2.19 bits per heavy atom. The molecule has 1 N–H and O–H groups in total. The number of hydrogen-bond donors (Lipinski definition) is 1. The van der Waals surface area contributed by atoms with Gasteiger partial charge in [-0.3, -0.25) is 0 Å². The summed E-state index contributed by atoms with van der Waals surface area (Å²) in [6.07, 6.45) is 0. The average molecular weight is 402 g/mol. The SMILES string of the molecule is COc1ccccc1[C@@H](NS(=O)(=O)c1ccc(C)cc1)c1ccc(Cl)cc1. The van der Waals surface area contributed by atoms with Crippen LogP contribution in [0.2, 0.25) is 5.02 Å². The van der Waals surface area contributed by atoms with E-state index in [1.165, 1.54) is 0 Å². The monoisotopic (exact) mass is 401 g/mol. The number of methoxy groups -OCH3 is 1. The van der Waals surface area contributed by atoms with Gasteiger partial charge < -0.3 is 4.74 Å². The largest absolute Gasteiger partial charge is 0.496 e. The lowest BCUT2D eigenvalue weighted by Gasteiger charge is -2.22. The first-order chi connectivity index (χ1) is 12.9. The maximum absolute atomic E-state index is 13.0. The quantitative estimate of drug-likeness (QED) is 0.649. The number of nitrogens with one attached hydrogen (secondary N) is 1. The molecule has 0 aliphatic heterocycles. The minimum absolute atomic E-state index is 0.210. The highest BCUT2D eigenvalue weighted by atomic mass is 35.5. The van der Waals surface area contributed by atoms with E-state index < -0.39 is 16.1 Å². The second-order valence-electron chi connectivity index (χ2n) is 6.16. The third-order valence-corrected chi connectivity index (χ3v) is 5.95. The maximum atomic E-state index is 13.0. The van der Waals surface area contributed by atoms with Gasteiger partial charge in [-0.05, 0) is 42.8 Å². The molecule has 3 aromatic carbocycles. The molecule has 0 bridgehead atoms. The minimum atomic E-state index is -3.75. The average Bonchev–Trinajstić information content (AvgIpc) is 2.67. The zero-order chi connectivity index (χ0) is 19.4. The molecule has 27 heavy (non-hydrogen) atoms. The summed E-state index contributed by atoms with van der Waals surface area (Å²) < 4.78 is 34.2. The lowest BCUT2D eigenvalue weighted by atomic mass is 9.99. The van der Waals surface area contributed by atoms with Gasteiger partial charge in [-0.2, -0.15) is 4.72 Å². The van der Waals surface area contributed by atoms with Crippen LogP contribution in [-0.4, -0.2) is 15.5 Å². The summed E-state index contributed by atoms with van der Waals surface area (Å²) in [6, 6.07) is 20.5. The predicted octanol–water partition coefficient (Wildman–Crippen LogP) is 4.72. The summed E-state index contributed by atoms with van der Waals surface area (Å²) in [5.74, 6) is 0.601. The Morgan fingerprint density at radius 2 is 1.56 bits per heavy atom. The molecule has 0 heterocycles. The van der Waals surface area contributed by atoms with Gasteiger partial charge in [-0.1, -0.05) is 59.6 Å². The van der Waals surface area contributed by atoms with Gasteiger partial charge in [-0.25, -0.2) is 8.42 Å². The van der Waals surface area contributed by atoms with Crippen molar-refractivity contribution >= 4 is 21.6 Å². The summed E-state index contributed by atoms with van der Waals surface area (Å²) in [7, 11) is -2.18. The minimum Gasteiger partial charge on any atom is -0.496 e. The van der Waals surface area contributed by atoms with E-state index in [1.54, 1.807) is 61.7 Å². The summed E-state index contributed by atoms with van der Waals surface area (Å²) in [5, 5.41) is 0.582. The molecular formula is C21H20ClNO3S. The number of hydrogen-bond acceptors (Lipinski definition) is 3. The summed E-state index contributed by atoms with van der Waals surface area (Å²) in [4.78, 5) is 0.210. The van der Waals surface area contributed by atoms with Crippen LogP contribution < -0.4 is 9.46 Å². The van der Waals surface area contributed by atoms with Gasteiger partial charge >= 0.3 is 0 Å². The van der Waals surface area contributed by atoms with Crippen LogP contribution in [0, 0.1) is 6.92 Å². The van der Waals surface area contributed by atoms with Gasteiger partial charge in [0, 0.05) is 10.6 Å². The standard InChI is InChI=1S/C21H20ClNO3S/c1-15-7-13-18(14-8-15)27(24,25)23-21(16-9-11-17(22)12-10-16)19-5-3-4-6-20(19)26-2/h3-14,21,23H,1-2H3/t21-/m0/s1. The van der Waals surface area contributed by atoms with Crippen molar-refractivity contribution in [3.8, 4) is 5.75 Å². The number of benzene rings is 3. The molecule has 3 rings (SSSR count). The van der Waals surface area contributed by atoms with Crippen LogP contribution in [0.4, 0.5) is 0 Å². The zero-order valence-electron chi connectivity index (χ0n) is 15.0. The Balaban J connectivity index is 2.07. The van der Waals surface area contributed by atoms with Crippen LogP contribution in [0.1, 0.15) is 22.7 Å². The van der Waals surface area contributed by atoms with Gasteiger partial charge in [0.25, 0.3) is 0 Å². The van der Waals surface area contributed by atoms with Gasteiger partial charge in [0.05, 0.1) is 18.0 Å². The molecular weight excluding hydrogens is 382 g/mol. The molecule has 0 saturated carbocycles. The molecule has 6 heteroatoms. The topological polar surface area (TPSA) is 55.4 Å². The van der Waals surface area contributed by atoms with Gasteiger partial charge in [0.2, 0.25) is 10.0 Å². The van der Waals surface area contributed by atoms with E-state index in [-0.39, 0.29) is 4.90 Å². The highest BCUT2D eigenvalue weighted by Gasteiger charge is 2.25. The number of halogens is 1. The van der Waals surface area contributed by atoms with E-state index in [0.29, 0.717) is 10.8 Å². The smallest absolute Gasteiger partial charge is 0.241 e. The van der Waals surface area contributed by atoms with Gasteiger partial charge in [0.1, 0.15) is 5.75 Å². The van der Waals surface area contributed by atoms with Gasteiger partial charge in [-0.15, -0.1) is 0 Å². The van der Waals surface area contributed by atoms with Crippen LogP contribution in [0.25, 0.3) is 0 Å². The molecule has 1 atom stereocenters. The Morgan fingerprint density at radius 1 is 0.926 bits per heavy atom. The van der Waals surface area contributed by atoms with E-state index in [2.05, 4.69) is 4.72 Å². The number of aryl methyl sites for hydroxylation is 1. The summed E-state index contributed by atoms with van der Waals surface area (Å²) >= 11 is 6.00. The van der Waals surface area contributed by atoms with E-state index >= 15 is 0 Å². The van der Waals surface area contributed by atoms with Crippen molar-refractivity contribution in [3.63, 3.8) is 0 Å². The molecule has 0 radical (unpaired) electrons. The highest BCUT2D eigenvalue weighted by Crippen LogP contribution is 2.32. The Hall–Kier alpha value is -2.34.